The molecule has 0 aliphatic heterocycles. The van der Waals surface area contributed by atoms with E-state index in [1.165, 1.54) is 19.2 Å². The first kappa shape index (κ1) is 19.1. The minimum absolute atomic E-state index is 0.0566. The number of benzene rings is 2. The number of nitrogens with one attached hydrogen (secondary N) is 2. The zero-order chi connectivity index (χ0) is 20.3. The highest BCUT2D eigenvalue weighted by atomic mass is 19.2. The third-order valence-electron chi connectivity index (χ3n) is 3.86. The van der Waals surface area contributed by atoms with Crippen LogP contribution in [0.15, 0.2) is 54.7 Å². The molecule has 142 valence electrons. The first-order valence-electron chi connectivity index (χ1n) is 8.14. The van der Waals surface area contributed by atoms with Crippen LogP contribution < -0.4 is 10.6 Å². The fourth-order valence-electron chi connectivity index (χ4n) is 2.40. The summed E-state index contributed by atoms with van der Waals surface area (Å²) in [6, 6.07) is 11.4. The van der Waals surface area contributed by atoms with Crippen LogP contribution in [0.3, 0.4) is 0 Å². The summed E-state index contributed by atoms with van der Waals surface area (Å²) in [6.45, 7) is 1.46. The number of carbonyl (C=O) groups is 2. The van der Waals surface area contributed by atoms with E-state index in [-0.39, 0.29) is 11.5 Å². The van der Waals surface area contributed by atoms with Gasteiger partial charge in [-0.15, -0.1) is 0 Å². The van der Waals surface area contributed by atoms with Crippen molar-refractivity contribution < 1.29 is 22.8 Å². The molecule has 0 atom stereocenters. The molecular weight excluding hydrogens is 371 g/mol. The van der Waals surface area contributed by atoms with Gasteiger partial charge < -0.3 is 10.6 Å². The largest absolute Gasteiger partial charge is 0.355 e. The Balaban J connectivity index is 1.76. The summed E-state index contributed by atoms with van der Waals surface area (Å²) in [5, 5.41) is 5.20. The molecule has 0 aliphatic carbocycles. The molecule has 5 nitrogen and oxygen atoms in total. The minimum atomic E-state index is -1.67. The summed E-state index contributed by atoms with van der Waals surface area (Å²) >= 11 is 0. The summed E-state index contributed by atoms with van der Waals surface area (Å²) < 4.78 is 40.0. The lowest BCUT2D eigenvalue weighted by atomic mass is 10.1. The van der Waals surface area contributed by atoms with Crippen molar-refractivity contribution in [2.45, 2.75) is 6.92 Å². The van der Waals surface area contributed by atoms with E-state index in [0.717, 1.165) is 6.07 Å². The number of anilines is 3. The van der Waals surface area contributed by atoms with Crippen molar-refractivity contribution in [3.05, 3.63) is 83.4 Å². The Morgan fingerprint density at radius 3 is 2.29 bits per heavy atom. The number of pyridine rings is 1. The average Bonchev–Trinajstić information content (AvgIpc) is 2.69. The molecule has 8 heteroatoms. The summed E-state index contributed by atoms with van der Waals surface area (Å²) in [4.78, 5) is 27.5. The molecule has 28 heavy (non-hydrogen) atoms. The predicted octanol–water partition coefficient (Wildman–Crippen LogP) is 4.70. The number of aromatic nitrogens is 1. The first-order valence-corrected chi connectivity index (χ1v) is 8.14. The van der Waals surface area contributed by atoms with E-state index in [2.05, 4.69) is 15.6 Å². The van der Waals surface area contributed by atoms with Crippen LogP contribution in [0.4, 0.5) is 30.2 Å². The van der Waals surface area contributed by atoms with E-state index in [4.69, 9.17) is 0 Å². The van der Waals surface area contributed by atoms with Crippen LogP contribution in [-0.2, 0) is 0 Å². The maximum atomic E-state index is 13.7. The Morgan fingerprint density at radius 2 is 1.61 bits per heavy atom. The van der Waals surface area contributed by atoms with E-state index < -0.39 is 29.0 Å². The molecule has 0 spiro atoms. The number of ketones is 1. The molecule has 0 fully saturated rings. The molecular formula is C20H14F3N3O2. The smallest absolute Gasteiger partial charge is 0.274 e. The molecule has 2 aromatic carbocycles. The molecule has 3 rings (SSSR count). The van der Waals surface area contributed by atoms with Gasteiger partial charge in [0.25, 0.3) is 5.91 Å². The molecule has 1 amide bonds. The second-order valence-electron chi connectivity index (χ2n) is 5.87. The summed E-state index contributed by atoms with van der Waals surface area (Å²) in [7, 11) is 0. The number of amides is 1. The SMILES string of the molecule is CC(=O)c1ccc(Nc2ccnc(C(=O)Nc3ccc(F)c(F)c3F)c2)cc1. The second kappa shape index (κ2) is 7.91. The Bertz CT molecular complexity index is 1050. The Kier molecular flexibility index (Phi) is 5.39. The maximum absolute atomic E-state index is 13.7. The van der Waals surface area contributed by atoms with Crippen molar-refractivity contribution in [2.24, 2.45) is 0 Å². The molecule has 0 unspecified atom stereocenters. The molecule has 2 N–H and O–H groups in total. The third kappa shape index (κ3) is 4.17. The number of carbonyl (C=O) groups excluding carboxylic acids is 2. The lowest BCUT2D eigenvalue weighted by Gasteiger charge is -2.10. The van der Waals surface area contributed by atoms with Gasteiger partial charge in [-0.1, -0.05) is 0 Å². The van der Waals surface area contributed by atoms with Crippen LogP contribution in [0.2, 0.25) is 0 Å². The van der Waals surface area contributed by atoms with Crippen LogP contribution in [0.25, 0.3) is 0 Å². The summed E-state index contributed by atoms with van der Waals surface area (Å²) in [6.07, 6.45) is 1.36. The summed E-state index contributed by atoms with van der Waals surface area (Å²) in [5.41, 5.74) is 1.20. The topological polar surface area (TPSA) is 71.1 Å². The first-order chi connectivity index (χ1) is 13.3. The van der Waals surface area contributed by atoms with E-state index in [9.17, 15) is 22.8 Å². The minimum Gasteiger partial charge on any atom is -0.355 e. The monoisotopic (exact) mass is 385 g/mol. The Hall–Kier alpha value is -3.68. The number of hydrogen-bond donors (Lipinski definition) is 2. The highest BCUT2D eigenvalue weighted by molar-refractivity contribution is 6.03. The zero-order valence-corrected chi connectivity index (χ0v) is 14.6. The number of halogens is 3. The van der Waals surface area contributed by atoms with Gasteiger partial charge in [0.15, 0.2) is 23.2 Å². The van der Waals surface area contributed by atoms with Crippen LogP contribution in [-0.4, -0.2) is 16.7 Å². The van der Waals surface area contributed by atoms with Gasteiger partial charge >= 0.3 is 0 Å². The van der Waals surface area contributed by atoms with E-state index >= 15 is 0 Å². The van der Waals surface area contributed by atoms with Gasteiger partial charge in [0.1, 0.15) is 5.69 Å². The lowest BCUT2D eigenvalue weighted by molar-refractivity contribution is 0.101. The molecule has 0 saturated carbocycles. The lowest BCUT2D eigenvalue weighted by Crippen LogP contribution is -2.15. The second-order valence-corrected chi connectivity index (χ2v) is 5.87. The van der Waals surface area contributed by atoms with Crippen molar-refractivity contribution in [3.63, 3.8) is 0 Å². The number of rotatable bonds is 5. The molecule has 1 aromatic heterocycles. The normalized spacial score (nSPS) is 10.4. The third-order valence-corrected chi connectivity index (χ3v) is 3.86. The standard InChI is InChI=1S/C20H14F3N3O2/c1-11(27)12-2-4-13(5-3-12)25-14-8-9-24-17(10-14)20(28)26-16-7-6-15(21)18(22)19(16)23/h2-10H,1H3,(H,24,25)(H,26,28). The van der Waals surface area contributed by atoms with Gasteiger partial charge in [-0.25, -0.2) is 13.2 Å². The van der Waals surface area contributed by atoms with Crippen molar-refractivity contribution in [2.75, 3.05) is 10.6 Å². The summed E-state index contributed by atoms with van der Waals surface area (Å²) in [5.74, 6) is -5.36. The number of nitrogens with zero attached hydrogens (tertiary/aromatic N) is 1. The van der Waals surface area contributed by atoms with Crippen molar-refractivity contribution >= 4 is 28.8 Å². The van der Waals surface area contributed by atoms with E-state index in [0.29, 0.717) is 23.0 Å². The Morgan fingerprint density at radius 1 is 0.893 bits per heavy atom. The van der Waals surface area contributed by atoms with E-state index in [1.807, 2.05) is 0 Å². The molecule has 0 aliphatic rings. The molecule has 0 saturated heterocycles. The highest BCUT2D eigenvalue weighted by Gasteiger charge is 2.16. The van der Waals surface area contributed by atoms with Crippen molar-refractivity contribution in [3.8, 4) is 0 Å². The molecule has 3 aromatic rings. The molecule has 0 radical (unpaired) electrons. The molecule has 0 bridgehead atoms. The zero-order valence-electron chi connectivity index (χ0n) is 14.6. The van der Waals surface area contributed by atoms with Gasteiger partial charge in [-0.3, -0.25) is 14.6 Å². The van der Waals surface area contributed by atoms with Crippen LogP contribution >= 0.6 is 0 Å². The fraction of sp³-hybridized carbons (Fsp3) is 0.0500. The van der Waals surface area contributed by atoms with Crippen molar-refractivity contribution in [1.82, 2.24) is 4.98 Å². The fourth-order valence-corrected chi connectivity index (χ4v) is 2.40. The van der Waals surface area contributed by atoms with Crippen LogP contribution in [0, 0.1) is 17.5 Å². The van der Waals surface area contributed by atoms with Gasteiger partial charge in [-0.05, 0) is 55.5 Å². The van der Waals surface area contributed by atoms with Gasteiger partial charge in [0.05, 0.1) is 5.69 Å². The van der Waals surface area contributed by atoms with Crippen LogP contribution in [0.5, 0.6) is 0 Å². The maximum Gasteiger partial charge on any atom is 0.274 e. The van der Waals surface area contributed by atoms with Gasteiger partial charge in [0.2, 0.25) is 0 Å². The van der Waals surface area contributed by atoms with Crippen LogP contribution in [0.1, 0.15) is 27.8 Å². The number of hydrogen-bond acceptors (Lipinski definition) is 4. The quantitative estimate of drug-likeness (QED) is 0.493. The van der Waals surface area contributed by atoms with Gasteiger partial charge in [-0.2, -0.15) is 0 Å². The highest BCUT2D eigenvalue weighted by Crippen LogP contribution is 2.21. The van der Waals surface area contributed by atoms with Crippen molar-refractivity contribution in [1.29, 1.82) is 0 Å². The average molecular weight is 385 g/mol. The van der Waals surface area contributed by atoms with E-state index in [1.54, 1.807) is 30.3 Å². The Labute approximate surface area is 158 Å². The number of Topliss-reactive ketones (excluding diaryl/α,β-unsaturated/α-hetero) is 1. The predicted molar refractivity (Wildman–Crippen MR) is 98.2 cm³/mol. The van der Waals surface area contributed by atoms with Gasteiger partial charge in [0, 0.05) is 23.1 Å². The molecule has 1 heterocycles.